The highest BCUT2D eigenvalue weighted by molar-refractivity contribution is 6.04. The summed E-state index contributed by atoms with van der Waals surface area (Å²) in [4.78, 5) is 24.3. The summed E-state index contributed by atoms with van der Waals surface area (Å²) in [5, 5.41) is 2.67. The Morgan fingerprint density at radius 2 is 1.67 bits per heavy atom. The van der Waals surface area contributed by atoms with Gasteiger partial charge in [-0.1, -0.05) is 45.0 Å². The molecule has 1 heterocycles. The summed E-state index contributed by atoms with van der Waals surface area (Å²) >= 11 is 0. The molecule has 0 aromatic heterocycles. The molecule has 1 aliphatic rings. The molecule has 2 rings (SSSR count). The van der Waals surface area contributed by atoms with E-state index in [1.165, 1.54) is 12.6 Å². The Morgan fingerprint density at radius 3 is 2.06 bits per heavy atom. The maximum Gasteiger partial charge on any atom is 0.324 e. The van der Waals surface area contributed by atoms with Crippen LogP contribution in [0, 0.1) is 0 Å². The van der Waals surface area contributed by atoms with E-state index in [1.807, 2.05) is 24.3 Å². The van der Waals surface area contributed by atoms with E-state index < -0.39 is 6.04 Å². The smallest absolute Gasteiger partial charge is 0.322 e. The molecule has 1 N–H and O–H groups in total. The standard InChI is InChI=1S/C14H18N2O2/c1-14(2,3)10-7-5-9(6-8-10)11-12(17)16(4)13(18)15-11/h5-8,11H,1-4H3,(H,15,18). The lowest BCUT2D eigenvalue weighted by Crippen LogP contribution is -2.25. The maximum absolute atomic E-state index is 11.8. The fourth-order valence-corrected chi connectivity index (χ4v) is 1.98. The number of benzene rings is 1. The highest BCUT2D eigenvalue weighted by Crippen LogP contribution is 2.26. The first-order chi connectivity index (χ1) is 8.30. The fraction of sp³-hybridized carbons (Fsp3) is 0.429. The Labute approximate surface area is 107 Å². The van der Waals surface area contributed by atoms with Crippen molar-refractivity contribution in [3.63, 3.8) is 0 Å². The van der Waals surface area contributed by atoms with Gasteiger partial charge < -0.3 is 5.32 Å². The minimum atomic E-state index is -0.545. The van der Waals surface area contributed by atoms with Gasteiger partial charge in [0.1, 0.15) is 6.04 Å². The van der Waals surface area contributed by atoms with E-state index in [4.69, 9.17) is 0 Å². The van der Waals surface area contributed by atoms with Crippen LogP contribution < -0.4 is 5.32 Å². The van der Waals surface area contributed by atoms with Crippen molar-refractivity contribution < 1.29 is 9.59 Å². The average molecular weight is 246 g/mol. The molecule has 1 aliphatic heterocycles. The van der Waals surface area contributed by atoms with Crippen LogP contribution in [-0.2, 0) is 10.2 Å². The second-order valence-corrected chi connectivity index (χ2v) is 5.65. The van der Waals surface area contributed by atoms with Crippen molar-refractivity contribution in [1.29, 1.82) is 0 Å². The van der Waals surface area contributed by atoms with Gasteiger partial charge in [-0.2, -0.15) is 0 Å². The van der Waals surface area contributed by atoms with E-state index in [-0.39, 0.29) is 17.4 Å². The van der Waals surface area contributed by atoms with Crippen LogP contribution in [0.25, 0.3) is 0 Å². The summed E-state index contributed by atoms with van der Waals surface area (Å²) in [7, 11) is 1.49. The first-order valence-corrected chi connectivity index (χ1v) is 5.99. The second kappa shape index (κ2) is 4.12. The van der Waals surface area contributed by atoms with Gasteiger partial charge in [0.05, 0.1) is 0 Å². The van der Waals surface area contributed by atoms with Crippen molar-refractivity contribution >= 4 is 11.9 Å². The Morgan fingerprint density at radius 1 is 1.11 bits per heavy atom. The molecule has 4 heteroatoms. The van der Waals surface area contributed by atoms with Crippen molar-refractivity contribution in [3.8, 4) is 0 Å². The Bertz CT molecular complexity index is 486. The first kappa shape index (κ1) is 12.6. The SMILES string of the molecule is CN1C(=O)NC(c2ccc(C(C)(C)C)cc2)C1=O. The van der Waals surface area contributed by atoms with E-state index in [0.29, 0.717) is 0 Å². The fourth-order valence-electron chi connectivity index (χ4n) is 1.98. The monoisotopic (exact) mass is 246 g/mol. The van der Waals surface area contributed by atoms with Crippen LogP contribution in [0.4, 0.5) is 4.79 Å². The van der Waals surface area contributed by atoms with Gasteiger partial charge in [-0.3, -0.25) is 9.69 Å². The Kier molecular flexibility index (Phi) is 2.89. The van der Waals surface area contributed by atoms with E-state index in [0.717, 1.165) is 10.5 Å². The molecule has 1 saturated heterocycles. The molecule has 0 saturated carbocycles. The van der Waals surface area contributed by atoms with Gasteiger partial charge in [0.15, 0.2) is 0 Å². The van der Waals surface area contributed by atoms with Crippen molar-refractivity contribution in [2.75, 3.05) is 7.05 Å². The molecule has 1 fully saturated rings. The summed E-state index contributed by atoms with van der Waals surface area (Å²) in [6.45, 7) is 6.41. The lowest BCUT2D eigenvalue weighted by Gasteiger charge is -2.19. The quantitative estimate of drug-likeness (QED) is 0.772. The summed E-state index contributed by atoms with van der Waals surface area (Å²) in [6.07, 6.45) is 0. The number of carbonyl (C=O) groups excluding carboxylic acids is 2. The van der Waals surface area contributed by atoms with Crippen LogP contribution >= 0.6 is 0 Å². The molecular formula is C14H18N2O2. The van der Waals surface area contributed by atoms with Gasteiger partial charge in [-0.05, 0) is 16.5 Å². The second-order valence-electron chi connectivity index (χ2n) is 5.65. The molecule has 1 unspecified atom stereocenters. The number of carbonyl (C=O) groups is 2. The van der Waals surface area contributed by atoms with E-state index in [1.54, 1.807) is 0 Å². The third kappa shape index (κ3) is 2.10. The minimum absolute atomic E-state index is 0.0816. The van der Waals surface area contributed by atoms with Crippen LogP contribution in [0.3, 0.4) is 0 Å². The molecule has 0 spiro atoms. The Hall–Kier alpha value is -1.84. The number of likely N-dealkylation sites (N-methyl/N-ethyl adjacent to an activating group) is 1. The number of nitrogens with zero attached hydrogens (tertiary/aromatic N) is 1. The van der Waals surface area contributed by atoms with E-state index >= 15 is 0 Å². The zero-order valence-corrected chi connectivity index (χ0v) is 11.2. The molecule has 18 heavy (non-hydrogen) atoms. The molecule has 1 atom stereocenters. The van der Waals surface area contributed by atoms with Gasteiger partial charge in [0.25, 0.3) is 5.91 Å². The number of imide groups is 1. The van der Waals surface area contributed by atoms with Crippen molar-refractivity contribution in [1.82, 2.24) is 10.2 Å². The third-order valence-corrected chi connectivity index (χ3v) is 3.26. The van der Waals surface area contributed by atoms with Crippen molar-refractivity contribution in [3.05, 3.63) is 35.4 Å². The Balaban J connectivity index is 2.26. The summed E-state index contributed by atoms with van der Waals surface area (Å²) in [5.74, 6) is -0.205. The molecule has 4 nitrogen and oxygen atoms in total. The van der Waals surface area contributed by atoms with Crippen LogP contribution in [0.1, 0.15) is 37.9 Å². The maximum atomic E-state index is 11.8. The minimum Gasteiger partial charge on any atom is -0.322 e. The van der Waals surface area contributed by atoms with Crippen LogP contribution in [0.2, 0.25) is 0 Å². The lowest BCUT2D eigenvalue weighted by molar-refractivity contribution is -0.126. The van der Waals surface area contributed by atoms with Gasteiger partial charge in [0.2, 0.25) is 0 Å². The van der Waals surface area contributed by atoms with Crippen molar-refractivity contribution in [2.45, 2.75) is 32.2 Å². The lowest BCUT2D eigenvalue weighted by atomic mass is 9.86. The highest BCUT2D eigenvalue weighted by Gasteiger charge is 2.36. The number of urea groups is 1. The van der Waals surface area contributed by atoms with Crippen LogP contribution in [0.5, 0.6) is 0 Å². The molecule has 0 aliphatic carbocycles. The zero-order valence-electron chi connectivity index (χ0n) is 11.2. The topological polar surface area (TPSA) is 49.4 Å². The average Bonchev–Trinajstić information content (AvgIpc) is 2.56. The van der Waals surface area contributed by atoms with Crippen LogP contribution in [-0.4, -0.2) is 23.9 Å². The normalized spacial score (nSPS) is 20.2. The first-order valence-electron chi connectivity index (χ1n) is 5.99. The predicted molar refractivity (Wildman–Crippen MR) is 69.2 cm³/mol. The van der Waals surface area contributed by atoms with E-state index in [9.17, 15) is 9.59 Å². The zero-order chi connectivity index (χ0) is 13.5. The van der Waals surface area contributed by atoms with E-state index in [2.05, 4.69) is 26.1 Å². The third-order valence-electron chi connectivity index (χ3n) is 3.26. The van der Waals surface area contributed by atoms with Gasteiger partial charge >= 0.3 is 6.03 Å². The van der Waals surface area contributed by atoms with Gasteiger partial charge in [-0.25, -0.2) is 4.79 Å². The number of nitrogens with one attached hydrogen (secondary N) is 1. The van der Waals surface area contributed by atoms with Gasteiger partial charge in [-0.15, -0.1) is 0 Å². The number of hydrogen-bond acceptors (Lipinski definition) is 2. The molecule has 3 amide bonds. The largest absolute Gasteiger partial charge is 0.324 e. The molecule has 0 bridgehead atoms. The molecular weight excluding hydrogens is 228 g/mol. The molecule has 0 radical (unpaired) electrons. The summed E-state index contributed by atoms with van der Waals surface area (Å²) in [5.41, 5.74) is 2.11. The number of rotatable bonds is 1. The van der Waals surface area contributed by atoms with Crippen molar-refractivity contribution in [2.24, 2.45) is 0 Å². The molecule has 1 aromatic carbocycles. The van der Waals surface area contributed by atoms with Crippen LogP contribution in [0.15, 0.2) is 24.3 Å². The summed E-state index contributed by atoms with van der Waals surface area (Å²) in [6, 6.07) is 6.94. The summed E-state index contributed by atoms with van der Waals surface area (Å²) < 4.78 is 0. The highest BCUT2D eigenvalue weighted by atomic mass is 16.2. The number of hydrogen-bond donors (Lipinski definition) is 1. The molecule has 96 valence electrons. The number of amides is 3. The molecule has 1 aromatic rings. The van der Waals surface area contributed by atoms with Gasteiger partial charge in [0, 0.05) is 7.05 Å². The predicted octanol–water partition coefficient (Wildman–Crippen LogP) is 2.21.